The van der Waals surface area contributed by atoms with E-state index in [2.05, 4.69) is 0 Å². The molecular weight excluding hydrogens is 307 g/mol. The Balaban J connectivity index is 1.87. The zero-order valence-electron chi connectivity index (χ0n) is 11.3. The van der Waals surface area contributed by atoms with E-state index in [9.17, 15) is 9.18 Å². The minimum atomic E-state index is -0.387. The topological polar surface area (TPSA) is 39.4 Å². The van der Waals surface area contributed by atoms with Crippen LogP contribution in [0.3, 0.4) is 0 Å². The van der Waals surface area contributed by atoms with E-state index in [4.69, 9.17) is 20.8 Å². The third-order valence-corrected chi connectivity index (χ3v) is 3.28. The van der Waals surface area contributed by atoms with Gasteiger partial charge in [-0.15, -0.1) is 0 Å². The number of carbonyl (C=O) groups is 1. The lowest BCUT2D eigenvalue weighted by Gasteiger charge is -2.08. The first-order chi connectivity index (χ1) is 10.7. The molecule has 1 heterocycles. The third kappa shape index (κ3) is 3.02. The van der Waals surface area contributed by atoms with Gasteiger partial charge in [-0.05, 0) is 42.5 Å². The van der Waals surface area contributed by atoms with Crippen LogP contribution in [-0.2, 0) is 0 Å². The number of furan rings is 1. The van der Waals surface area contributed by atoms with Gasteiger partial charge in [0, 0.05) is 11.6 Å². The molecule has 0 amide bonds. The second-order valence-corrected chi connectivity index (χ2v) is 4.93. The van der Waals surface area contributed by atoms with Gasteiger partial charge in [0.15, 0.2) is 12.0 Å². The van der Waals surface area contributed by atoms with E-state index < -0.39 is 0 Å². The van der Waals surface area contributed by atoms with Gasteiger partial charge in [-0.3, -0.25) is 4.79 Å². The first-order valence-corrected chi connectivity index (χ1v) is 6.82. The van der Waals surface area contributed by atoms with Crippen LogP contribution in [0.15, 0.2) is 59.0 Å². The molecule has 1 aromatic heterocycles. The molecule has 22 heavy (non-hydrogen) atoms. The lowest BCUT2D eigenvalue weighted by molar-refractivity contribution is 0.110. The van der Waals surface area contributed by atoms with Crippen LogP contribution in [0.1, 0.15) is 10.6 Å². The second kappa shape index (κ2) is 6.03. The van der Waals surface area contributed by atoms with Gasteiger partial charge < -0.3 is 9.15 Å². The first kappa shape index (κ1) is 14.4. The van der Waals surface area contributed by atoms with Crippen LogP contribution >= 0.6 is 11.6 Å². The van der Waals surface area contributed by atoms with Crippen molar-refractivity contribution in [3.8, 4) is 22.8 Å². The Kier molecular flexibility index (Phi) is 3.94. The Morgan fingerprint density at radius 1 is 1.09 bits per heavy atom. The maximum Gasteiger partial charge on any atom is 0.185 e. The van der Waals surface area contributed by atoms with E-state index in [1.54, 1.807) is 42.5 Å². The molecule has 3 nitrogen and oxygen atoms in total. The Bertz CT molecular complexity index is 826. The minimum absolute atomic E-state index is 0.242. The number of carbonyl (C=O) groups excluding carboxylic acids is 1. The second-order valence-electron chi connectivity index (χ2n) is 4.52. The van der Waals surface area contributed by atoms with Gasteiger partial charge in [-0.1, -0.05) is 17.7 Å². The fourth-order valence-corrected chi connectivity index (χ4v) is 2.18. The van der Waals surface area contributed by atoms with Crippen LogP contribution in [0.4, 0.5) is 4.39 Å². The van der Waals surface area contributed by atoms with Crippen LogP contribution in [0, 0.1) is 5.82 Å². The smallest absolute Gasteiger partial charge is 0.185 e. The van der Waals surface area contributed by atoms with Gasteiger partial charge in [-0.25, -0.2) is 4.39 Å². The van der Waals surface area contributed by atoms with Gasteiger partial charge in [-0.2, -0.15) is 0 Å². The summed E-state index contributed by atoms with van der Waals surface area (Å²) in [6.07, 6.45) is 0.631. The molecule has 0 N–H and O–H groups in total. The highest BCUT2D eigenvalue weighted by molar-refractivity contribution is 6.32. The molecule has 0 bridgehead atoms. The van der Waals surface area contributed by atoms with Crippen molar-refractivity contribution in [2.75, 3.05) is 0 Å². The lowest BCUT2D eigenvalue weighted by atomic mass is 10.1. The summed E-state index contributed by atoms with van der Waals surface area (Å²) in [5.74, 6) is 1.14. The van der Waals surface area contributed by atoms with E-state index in [1.165, 1.54) is 12.1 Å². The van der Waals surface area contributed by atoms with Gasteiger partial charge >= 0.3 is 0 Å². The molecule has 3 rings (SSSR count). The van der Waals surface area contributed by atoms with Gasteiger partial charge in [0.05, 0.1) is 5.02 Å². The number of hydrogen-bond acceptors (Lipinski definition) is 3. The van der Waals surface area contributed by atoms with Crippen LogP contribution in [0.5, 0.6) is 11.5 Å². The van der Waals surface area contributed by atoms with Gasteiger partial charge in [0.25, 0.3) is 0 Å². The summed E-state index contributed by atoms with van der Waals surface area (Å²) < 4.78 is 24.0. The van der Waals surface area contributed by atoms with Crippen LogP contribution in [0.25, 0.3) is 11.3 Å². The average molecular weight is 317 g/mol. The van der Waals surface area contributed by atoms with Crippen LogP contribution < -0.4 is 4.74 Å². The molecule has 3 aromatic rings. The largest absolute Gasteiger partial charge is 0.456 e. The van der Waals surface area contributed by atoms with E-state index in [1.807, 2.05) is 0 Å². The summed E-state index contributed by atoms with van der Waals surface area (Å²) in [6, 6.07) is 14.1. The quantitative estimate of drug-likeness (QED) is 0.609. The molecule has 0 unspecified atom stereocenters. The van der Waals surface area contributed by atoms with Gasteiger partial charge in [0.1, 0.15) is 23.1 Å². The Morgan fingerprint density at radius 2 is 1.95 bits per heavy atom. The molecule has 0 spiro atoms. The molecule has 0 aliphatic carbocycles. The Morgan fingerprint density at radius 3 is 2.64 bits per heavy atom. The summed E-state index contributed by atoms with van der Waals surface area (Å²) in [5, 5.41) is 0.353. The van der Waals surface area contributed by atoms with Crippen molar-refractivity contribution in [2.45, 2.75) is 0 Å². The van der Waals surface area contributed by atoms with Crippen molar-refractivity contribution < 1.29 is 18.3 Å². The van der Waals surface area contributed by atoms with Crippen LogP contribution in [0.2, 0.25) is 5.02 Å². The predicted molar refractivity (Wildman–Crippen MR) is 81.0 cm³/mol. The molecule has 0 atom stereocenters. The van der Waals surface area contributed by atoms with Crippen molar-refractivity contribution in [3.63, 3.8) is 0 Å². The van der Waals surface area contributed by atoms with Crippen LogP contribution in [-0.4, -0.2) is 6.29 Å². The number of ether oxygens (including phenoxy) is 1. The fraction of sp³-hybridized carbons (Fsp3) is 0. The van der Waals surface area contributed by atoms with E-state index >= 15 is 0 Å². The van der Waals surface area contributed by atoms with Crippen molar-refractivity contribution in [1.82, 2.24) is 0 Å². The van der Waals surface area contributed by atoms with Crippen molar-refractivity contribution in [1.29, 1.82) is 0 Å². The maximum absolute atomic E-state index is 13.1. The summed E-state index contributed by atoms with van der Waals surface area (Å²) in [6.45, 7) is 0. The highest BCUT2D eigenvalue weighted by Crippen LogP contribution is 2.34. The summed E-state index contributed by atoms with van der Waals surface area (Å²) in [7, 11) is 0. The Labute approximate surface area is 130 Å². The predicted octanol–water partition coefficient (Wildman–Crippen LogP) is 5.34. The first-order valence-electron chi connectivity index (χ1n) is 6.44. The number of rotatable bonds is 4. The average Bonchev–Trinajstić information content (AvgIpc) is 2.98. The number of aldehydes is 1. The minimum Gasteiger partial charge on any atom is -0.456 e. The van der Waals surface area contributed by atoms with Crippen molar-refractivity contribution in [3.05, 3.63) is 71.2 Å². The number of hydrogen-bond donors (Lipinski definition) is 0. The SMILES string of the molecule is O=Cc1ccc(-c2ccc(Oc3cccc(F)c3)c(Cl)c2)o1. The highest BCUT2D eigenvalue weighted by atomic mass is 35.5. The number of benzene rings is 2. The molecule has 0 saturated heterocycles. The molecule has 5 heteroatoms. The van der Waals surface area contributed by atoms with E-state index in [0.717, 1.165) is 0 Å². The normalized spacial score (nSPS) is 10.5. The monoisotopic (exact) mass is 316 g/mol. The third-order valence-electron chi connectivity index (χ3n) is 2.98. The molecule has 0 saturated carbocycles. The molecule has 110 valence electrons. The standard InChI is InChI=1S/C17H10ClFO3/c18-15-8-11(16-7-5-14(10-20)22-16)4-6-17(15)21-13-3-1-2-12(19)9-13/h1-10H. The molecule has 0 radical (unpaired) electrons. The summed E-state index contributed by atoms with van der Waals surface area (Å²) >= 11 is 6.18. The molecule has 0 aliphatic heterocycles. The summed E-state index contributed by atoms with van der Waals surface area (Å²) in [4.78, 5) is 10.6. The molecule has 2 aromatic carbocycles. The van der Waals surface area contributed by atoms with E-state index in [0.29, 0.717) is 34.1 Å². The molecule has 0 fully saturated rings. The molecular formula is C17H10ClFO3. The van der Waals surface area contributed by atoms with Crippen molar-refractivity contribution in [2.24, 2.45) is 0 Å². The zero-order valence-corrected chi connectivity index (χ0v) is 12.0. The fourth-order valence-electron chi connectivity index (χ4n) is 1.97. The zero-order chi connectivity index (χ0) is 15.5. The number of halogens is 2. The summed E-state index contributed by atoms with van der Waals surface area (Å²) in [5.41, 5.74) is 0.713. The van der Waals surface area contributed by atoms with E-state index in [-0.39, 0.29) is 11.6 Å². The Hall–Kier alpha value is -2.59. The van der Waals surface area contributed by atoms with Gasteiger partial charge in [0.2, 0.25) is 0 Å². The maximum atomic E-state index is 13.1. The van der Waals surface area contributed by atoms with Crippen molar-refractivity contribution >= 4 is 17.9 Å². The highest BCUT2D eigenvalue weighted by Gasteiger charge is 2.09. The lowest BCUT2D eigenvalue weighted by Crippen LogP contribution is -1.87. The molecule has 0 aliphatic rings.